The molecule has 3 aromatic rings. The predicted molar refractivity (Wildman–Crippen MR) is 130 cm³/mol. The molecule has 0 aliphatic carbocycles. The van der Waals surface area contributed by atoms with Crippen molar-refractivity contribution in [2.24, 2.45) is 5.10 Å². The van der Waals surface area contributed by atoms with Gasteiger partial charge in [0, 0.05) is 11.1 Å². The van der Waals surface area contributed by atoms with Crippen LogP contribution >= 0.6 is 0 Å². The van der Waals surface area contributed by atoms with E-state index < -0.39 is 11.8 Å². The number of carbonyl (C=O) groups excluding carboxylic acids is 2. The Morgan fingerprint density at radius 3 is 2.51 bits per heavy atom. The fraction of sp³-hybridized carbons (Fsp3) is 0.115. The van der Waals surface area contributed by atoms with Gasteiger partial charge in [-0.2, -0.15) is 5.10 Å². The second-order valence-electron chi connectivity index (χ2n) is 7.30. The average Bonchev–Trinajstić information content (AvgIpc) is 3.36. The standard InChI is InChI=1S/C26H23N3O6/c1-32-20-9-11-22(33-2)19(14-20)15-27-29-26(31)21(28-25(30)18-6-4-3-5-7-18)12-17-8-10-23-24(13-17)35-16-34-23/h3-15H,16H2,1-2H3,(H,28,30)(H,29,31)/b21-12+,27-15-. The molecule has 1 aliphatic rings. The molecule has 4 rings (SSSR count). The summed E-state index contributed by atoms with van der Waals surface area (Å²) in [6.07, 6.45) is 2.95. The number of hydrazone groups is 1. The zero-order valence-corrected chi connectivity index (χ0v) is 19.1. The molecule has 0 saturated carbocycles. The van der Waals surface area contributed by atoms with Crippen molar-refractivity contribution in [1.82, 2.24) is 10.7 Å². The Kier molecular flexibility index (Phi) is 7.27. The van der Waals surface area contributed by atoms with Gasteiger partial charge in [0.1, 0.15) is 17.2 Å². The molecule has 2 N–H and O–H groups in total. The van der Waals surface area contributed by atoms with Gasteiger partial charge in [-0.3, -0.25) is 9.59 Å². The quantitative estimate of drug-likeness (QED) is 0.295. The molecular formula is C26H23N3O6. The first-order valence-electron chi connectivity index (χ1n) is 10.6. The van der Waals surface area contributed by atoms with Gasteiger partial charge in [-0.25, -0.2) is 5.43 Å². The predicted octanol–water partition coefficient (Wildman–Crippen LogP) is 3.35. The van der Waals surface area contributed by atoms with Crippen LogP contribution in [0.4, 0.5) is 0 Å². The zero-order valence-electron chi connectivity index (χ0n) is 19.1. The minimum atomic E-state index is -0.620. The molecule has 178 valence electrons. The van der Waals surface area contributed by atoms with E-state index in [2.05, 4.69) is 15.8 Å². The minimum absolute atomic E-state index is 0.00697. The molecule has 0 unspecified atom stereocenters. The monoisotopic (exact) mass is 473 g/mol. The molecule has 35 heavy (non-hydrogen) atoms. The van der Waals surface area contributed by atoms with Gasteiger partial charge < -0.3 is 24.3 Å². The Hall–Kier alpha value is -4.79. The third-order valence-electron chi connectivity index (χ3n) is 5.04. The molecule has 3 aromatic carbocycles. The van der Waals surface area contributed by atoms with E-state index in [4.69, 9.17) is 18.9 Å². The van der Waals surface area contributed by atoms with Gasteiger partial charge in [0.05, 0.1) is 20.4 Å². The van der Waals surface area contributed by atoms with Crippen LogP contribution in [0.3, 0.4) is 0 Å². The topological polar surface area (TPSA) is 107 Å². The van der Waals surface area contributed by atoms with Crippen molar-refractivity contribution in [2.45, 2.75) is 0 Å². The highest BCUT2D eigenvalue weighted by atomic mass is 16.7. The zero-order chi connectivity index (χ0) is 24.6. The molecule has 9 heteroatoms. The van der Waals surface area contributed by atoms with Crippen LogP contribution < -0.4 is 29.7 Å². The van der Waals surface area contributed by atoms with Crippen molar-refractivity contribution in [1.29, 1.82) is 0 Å². The number of fused-ring (bicyclic) bond motifs is 1. The van der Waals surface area contributed by atoms with E-state index >= 15 is 0 Å². The van der Waals surface area contributed by atoms with E-state index in [0.29, 0.717) is 39.7 Å². The number of nitrogens with one attached hydrogen (secondary N) is 2. The van der Waals surface area contributed by atoms with Gasteiger partial charge in [-0.05, 0) is 54.1 Å². The van der Waals surface area contributed by atoms with Crippen molar-refractivity contribution in [3.8, 4) is 23.0 Å². The average molecular weight is 473 g/mol. The number of methoxy groups -OCH3 is 2. The van der Waals surface area contributed by atoms with Crippen molar-refractivity contribution >= 4 is 24.1 Å². The summed E-state index contributed by atoms with van der Waals surface area (Å²) in [5.74, 6) is 1.26. The first-order chi connectivity index (χ1) is 17.1. The van der Waals surface area contributed by atoms with Crippen LogP contribution in [0, 0.1) is 0 Å². The van der Waals surface area contributed by atoms with Gasteiger partial charge in [0.25, 0.3) is 11.8 Å². The molecule has 1 heterocycles. The van der Waals surface area contributed by atoms with Crippen molar-refractivity contribution in [2.75, 3.05) is 21.0 Å². The summed E-state index contributed by atoms with van der Waals surface area (Å²) in [4.78, 5) is 25.7. The van der Waals surface area contributed by atoms with Gasteiger partial charge in [0.15, 0.2) is 11.5 Å². The molecule has 1 aliphatic heterocycles. The fourth-order valence-electron chi connectivity index (χ4n) is 3.27. The Balaban J connectivity index is 1.57. The third kappa shape index (κ3) is 5.77. The third-order valence-corrected chi connectivity index (χ3v) is 5.04. The van der Waals surface area contributed by atoms with Crippen LogP contribution in [0.25, 0.3) is 6.08 Å². The lowest BCUT2D eigenvalue weighted by atomic mass is 10.1. The molecule has 9 nitrogen and oxygen atoms in total. The lowest BCUT2D eigenvalue weighted by molar-refractivity contribution is -0.117. The highest BCUT2D eigenvalue weighted by Gasteiger charge is 2.17. The summed E-state index contributed by atoms with van der Waals surface area (Å²) in [5.41, 5.74) is 4.07. The number of rotatable bonds is 8. The number of amides is 2. The van der Waals surface area contributed by atoms with Crippen LogP contribution in [0.5, 0.6) is 23.0 Å². The summed E-state index contributed by atoms with van der Waals surface area (Å²) < 4.78 is 21.3. The van der Waals surface area contributed by atoms with Gasteiger partial charge in [0.2, 0.25) is 6.79 Å². The van der Waals surface area contributed by atoms with Crippen molar-refractivity contribution in [3.05, 3.63) is 89.1 Å². The molecule has 0 atom stereocenters. The second-order valence-corrected chi connectivity index (χ2v) is 7.30. The number of hydrogen-bond donors (Lipinski definition) is 2. The Morgan fingerprint density at radius 1 is 0.943 bits per heavy atom. The molecule has 0 radical (unpaired) electrons. The number of benzene rings is 3. The molecule has 0 bridgehead atoms. The molecule has 0 spiro atoms. The number of hydrogen-bond acceptors (Lipinski definition) is 7. The van der Waals surface area contributed by atoms with E-state index in [0.717, 1.165) is 0 Å². The van der Waals surface area contributed by atoms with Crippen LogP contribution in [0.15, 0.2) is 77.5 Å². The smallest absolute Gasteiger partial charge is 0.287 e. The number of nitrogens with zero attached hydrogens (tertiary/aromatic N) is 1. The highest BCUT2D eigenvalue weighted by molar-refractivity contribution is 6.05. The molecular weight excluding hydrogens is 450 g/mol. The van der Waals surface area contributed by atoms with Crippen molar-refractivity contribution < 1.29 is 28.5 Å². The van der Waals surface area contributed by atoms with E-state index in [1.807, 2.05) is 0 Å². The second kappa shape index (κ2) is 10.9. The minimum Gasteiger partial charge on any atom is -0.497 e. The summed E-state index contributed by atoms with van der Waals surface area (Å²) in [6.45, 7) is 0.128. The highest BCUT2D eigenvalue weighted by Crippen LogP contribution is 2.33. The summed E-state index contributed by atoms with van der Waals surface area (Å²) in [5, 5.41) is 6.69. The molecule has 0 saturated heterocycles. The number of carbonyl (C=O) groups is 2. The Bertz CT molecular complexity index is 1290. The SMILES string of the molecule is COc1ccc(OC)c(/C=N\NC(=O)/C(=C\c2ccc3c(c2)OCO3)NC(=O)c2ccccc2)c1. The van der Waals surface area contributed by atoms with Crippen LogP contribution in [-0.4, -0.2) is 39.0 Å². The van der Waals surface area contributed by atoms with Gasteiger partial charge in [-0.15, -0.1) is 0 Å². The van der Waals surface area contributed by atoms with Crippen LogP contribution in [0.2, 0.25) is 0 Å². The molecule has 0 fully saturated rings. The molecule has 2 amide bonds. The summed E-state index contributed by atoms with van der Waals surface area (Å²) in [6, 6.07) is 19.0. The van der Waals surface area contributed by atoms with E-state index in [9.17, 15) is 9.59 Å². The maximum Gasteiger partial charge on any atom is 0.287 e. The van der Waals surface area contributed by atoms with Gasteiger partial charge >= 0.3 is 0 Å². The first-order valence-corrected chi connectivity index (χ1v) is 10.6. The number of ether oxygens (including phenoxy) is 4. The van der Waals surface area contributed by atoms with Crippen molar-refractivity contribution in [3.63, 3.8) is 0 Å². The summed E-state index contributed by atoms with van der Waals surface area (Å²) in [7, 11) is 3.08. The maximum absolute atomic E-state index is 13.0. The van der Waals surface area contributed by atoms with Crippen LogP contribution in [-0.2, 0) is 4.79 Å². The van der Waals surface area contributed by atoms with Crippen LogP contribution in [0.1, 0.15) is 21.5 Å². The van der Waals surface area contributed by atoms with E-state index in [1.54, 1.807) is 73.8 Å². The van der Waals surface area contributed by atoms with Gasteiger partial charge in [-0.1, -0.05) is 24.3 Å². The normalized spacial score (nSPS) is 12.3. The lowest BCUT2D eigenvalue weighted by Crippen LogP contribution is -2.32. The summed E-state index contributed by atoms with van der Waals surface area (Å²) >= 11 is 0. The van der Waals surface area contributed by atoms with E-state index in [1.165, 1.54) is 19.4 Å². The maximum atomic E-state index is 13.0. The lowest BCUT2D eigenvalue weighted by Gasteiger charge is -2.10. The largest absolute Gasteiger partial charge is 0.497 e. The molecule has 0 aromatic heterocycles. The Morgan fingerprint density at radius 2 is 1.74 bits per heavy atom. The van der Waals surface area contributed by atoms with E-state index in [-0.39, 0.29) is 12.5 Å². The Labute approximate surface area is 202 Å². The first kappa shape index (κ1) is 23.4. The fourth-order valence-corrected chi connectivity index (χ4v) is 3.27.